The smallest absolute Gasteiger partial charge is 0.325 e. The molecule has 0 bridgehead atoms. The van der Waals surface area contributed by atoms with Gasteiger partial charge in [0.2, 0.25) is 5.91 Å². The predicted molar refractivity (Wildman–Crippen MR) is 97.3 cm³/mol. The number of amides is 4. The van der Waals surface area contributed by atoms with Crippen molar-refractivity contribution in [1.82, 2.24) is 15.5 Å². The van der Waals surface area contributed by atoms with E-state index >= 15 is 0 Å². The number of nitrogens with one attached hydrogen (secondary N) is 2. The van der Waals surface area contributed by atoms with Crippen molar-refractivity contribution < 1.29 is 23.9 Å². The lowest BCUT2D eigenvalue weighted by atomic mass is 9.90. The first-order valence-corrected chi connectivity index (χ1v) is 9.02. The van der Waals surface area contributed by atoms with E-state index in [2.05, 4.69) is 10.6 Å². The van der Waals surface area contributed by atoms with E-state index in [-0.39, 0.29) is 18.6 Å². The zero-order chi connectivity index (χ0) is 19.6. The lowest BCUT2D eigenvalue weighted by molar-refractivity contribution is -0.134. The fraction of sp³-hybridized carbons (Fsp3) is 0.526. The standard InChI is InChI=1S/C19H25N3O5/c1-12-9-13(6-7-15(12)26-3)19(2)17(24)22(18(25)21-19)11-16(23)20-10-14-5-4-8-27-14/h6-7,9,14H,4-5,8,10-11H2,1-3H3,(H,20,23)(H,21,25). The third-order valence-electron chi connectivity index (χ3n) is 5.10. The number of hydrogen-bond donors (Lipinski definition) is 2. The molecule has 0 radical (unpaired) electrons. The van der Waals surface area contributed by atoms with Crippen LogP contribution in [-0.2, 0) is 19.9 Å². The highest BCUT2D eigenvalue weighted by Gasteiger charge is 2.49. The van der Waals surface area contributed by atoms with Gasteiger partial charge >= 0.3 is 6.03 Å². The molecule has 2 N–H and O–H groups in total. The van der Waals surface area contributed by atoms with Gasteiger partial charge in [-0.25, -0.2) is 4.79 Å². The van der Waals surface area contributed by atoms with Crippen LogP contribution >= 0.6 is 0 Å². The molecular formula is C19H25N3O5. The first-order valence-electron chi connectivity index (χ1n) is 9.02. The summed E-state index contributed by atoms with van der Waals surface area (Å²) in [7, 11) is 1.57. The number of urea groups is 1. The van der Waals surface area contributed by atoms with Crippen LogP contribution in [0, 0.1) is 6.92 Å². The summed E-state index contributed by atoms with van der Waals surface area (Å²) in [5, 5.41) is 5.44. The summed E-state index contributed by atoms with van der Waals surface area (Å²) in [5.74, 6) is -0.141. The minimum atomic E-state index is -1.22. The van der Waals surface area contributed by atoms with Gasteiger partial charge in [0.05, 0.1) is 13.2 Å². The van der Waals surface area contributed by atoms with Crippen molar-refractivity contribution in [3.63, 3.8) is 0 Å². The van der Waals surface area contributed by atoms with E-state index in [1.54, 1.807) is 32.2 Å². The maximum atomic E-state index is 12.9. The van der Waals surface area contributed by atoms with E-state index in [0.717, 1.165) is 23.3 Å². The highest BCUT2D eigenvalue weighted by atomic mass is 16.5. The number of nitrogens with zero attached hydrogens (tertiary/aromatic N) is 1. The SMILES string of the molecule is COc1ccc(C2(C)NC(=O)N(CC(=O)NCC3CCCO3)C2=O)cc1C. The predicted octanol–water partition coefficient (Wildman–Crippen LogP) is 1.07. The van der Waals surface area contributed by atoms with E-state index in [0.29, 0.717) is 24.5 Å². The largest absolute Gasteiger partial charge is 0.496 e. The van der Waals surface area contributed by atoms with Crippen molar-refractivity contribution in [3.8, 4) is 5.75 Å². The maximum Gasteiger partial charge on any atom is 0.325 e. The molecule has 0 spiro atoms. The second-order valence-corrected chi connectivity index (χ2v) is 7.07. The van der Waals surface area contributed by atoms with Gasteiger partial charge in [0, 0.05) is 13.2 Å². The molecule has 4 amide bonds. The van der Waals surface area contributed by atoms with Gasteiger partial charge in [0.25, 0.3) is 5.91 Å². The molecule has 8 nitrogen and oxygen atoms in total. The molecule has 2 saturated heterocycles. The Morgan fingerprint density at radius 3 is 2.85 bits per heavy atom. The summed E-state index contributed by atoms with van der Waals surface area (Å²) in [6.07, 6.45) is 1.88. The molecule has 2 fully saturated rings. The van der Waals surface area contributed by atoms with Gasteiger partial charge in [-0.1, -0.05) is 6.07 Å². The number of benzene rings is 1. The summed E-state index contributed by atoms with van der Waals surface area (Å²) < 4.78 is 10.7. The molecule has 1 aromatic rings. The van der Waals surface area contributed by atoms with Crippen LogP contribution in [0.5, 0.6) is 5.75 Å². The van der Waals surface area contributed by atoms with Crippen LogP contribution in [0.25, 0.3) is 0 Å². The second kappa shape index (κ2) is 7.56. The first kappa shape index (κ1) is 19.2. The average molecular weight is 375 g/mol. The lowest BCUT2D eigenvalue weighted by Gasteiger charge is -2.23. The van der Waals surface area contributed by atoms with Crippen molar-refractivity contribution in [2.75, 3.05) is 26.8 Å². The third kappa shape index (κ3) is 3.75. The van der Waals surface area contributed by atoms with Crippen molar-refractivity contribution in [3.05, 3.63) is 29.3 Å². The molecule has 8 heteroatoms. The number of methoxy groups -OCH3 is 1. The van der Waals surface area contributed by atoms with Gasteiger partial charge in [-0.15, -0.1) is 0 Å². The number of carbonyl (C=O) groups excluding carboxylic acids is 3. The molecular weight excluding hydrogens is 350 g/mol. The minimum Gasteiger partial charge on any atom is -0.496 e. The number of rotatable bonds is 6. The van der Waals surface area contributed by atoms with Crippen LogP contribution in [0.4, 0.5) is 4.79 Å². The van der Waals surface area contributed by atoms with Gasteiger partial charge in [-0.05, 0) is 49.9 Å². The van der Waals surface area contributed by atoms with Crippen LogP contribution in [0.1, 0.15) is 30.9 Å². The van der Waals surface area contributed by atoms with Crippen molar-refractivity contribution in [2.24, 2.45) is 0 Å². The molecule has 27 heavy (non-hydrogen) atoms. The highest BCUT2D eigenvalue weighted by Crippen LogP contribution is 2.31. The van der Waals surface area contributed by atoms with E-state index in [9.17, 15) is 14.4 Å². The molecule has 0 saturated carbocycles. The summed E-state index contributed by atoms with van der Waals surface area (Å²) in [6, 6.07) is 4.72. The second-order valence-electron chi connectivity index (χ2n) is 7.07. The van der Waals surface area contributed by atoms with Crippen molar-refractivity contribution >= 4 is 17.8 Å². The number of imide groups is 1. The molecule has 2 aliphatic heterocycles. The van der Waals surface area contributed by atoms with E-state index in [1.807, 2.05) is 6.92 Å². The molecule has 0 aromatic heterocycles. The summed E-state index contributed by atoms with van der Waals surface area (Å²) >= 11 is 0. The molecule has 146 valence electrons. The van der Waals surface area contributed by atoms with Crippen LogP contribution in [0.2, 0.25) is 0 Å². The van der Waals surface area contributed by atoms with Gasteiger partial charge in [-0.2, -0.15) is 0 Å². The Morgan fingerprint density at radius 2 is 2.22 bits per heavy atom. The molecule has 3 rings (SSSR count). The molecule has 1 aromatic carbocycles. The Bertz CT molecular complexity index is 760. The Hall–Kier alpha value is -2.61. The van der Waals surface area contributed by atoms with Gasteiger partial charge < -0.3 is 20.1 Å². The van der Waals surface area contributed by atoms with Gasteiger partial charge in [0.15, 0.2) is 0 Å². The average Bonchev–Trinajstić information content (AvgIpc) is 3.23. The lowest BCUT2D eigenvalue weighted by Crippen LogP contribution is -2.44. The van der Waals surface area contributed by atoms with Gasteiger partial charge in [0.1, 0.15) is 17.8 Å². The Labute approximate surface area is 158 Å². The molecule has 2 aliphatic rings. The zero-order valence-corrected chi connectivity index (χ0v) is 15.8. The van der Waals surface area contributed by atoms with Crippen LogP contribution < -0.4 is 15.4 Å². The Balaban J connectivity index is 1.68. The van der Waals surface area contributed by atoms with E-state index in [1.165, 1.54) is 0 Å². The zero-order valence-electron chi connectivity index (χ0n) is 15.8. The quantitative estimate of drug-likeness (QED) is 0.725. The first-order chi connectivity index (χ1) is 12.8. The highest BCUT2D eigenvalue weighted by molar-refractivity contribution is 6.09. The number of hydrogen-bond acceptors (Lipinski definition) is 5. The molecule has 0 aliphatic carbocycles. The molecule has 2 atom stereocenters. The van der Waals surface area contributed by atoms with E-state index < -0.39 is 17.5 Å². The van der Waals surface area contributed by atoms with Gasteiger partial charge in [-0.3, -0.25) is 14.5 Å². The molecule has 2 heterocycles. The number of carbonyl (C=O) groups is 3. The van der Waals surface area contributed by atoms with E-state index in [4.69, 9.17) is 9.47 Å². The normalized spacial score (nSPS) is 24.9. The van der Waals surface area contributed by atoms with Crippen molar-refractivity contribution in [2.45, 2.75) is 38.3 Å². The summed E-state index contributed by atoms with van der Waals surface area (Å²) in [6.45, 7) is 4.27. The van der Waals surface area contributed by atoms with Crippen LogP contribution in [0.15, 0.2) is 18.2 Å². The number of aryl methyl sites for hydroxylation is 1. The fourth-order valence-electron chi connectivity index (χ4n) is 3.46. The van der Waals surface area contributed by atoms with Crippen LogP contribution in [-0.4, -0.2) is 55.7 Å². The maximum absolute atomic E-state index is 12.9. The minimum absolute atomic E-state index is 0.00426. The summed E-state index contributed by atoms with van der Waals surface area (Å²) in [4.78, 5) is 38.4. The van der Waals surface area contributed by atoms with Crippen molar-refractivity contribution in [1.29, 1.82) is 0 Å². The Kier molecular flexibility index (Phi) is 5.36. The molecule has 2 unspecified atom stereocenters. The number of ether oxygens (including phenoxy) is 2. The fourth-order valence-corrected chi connectivity index (χ4v) is 3.46. The summed E-state index contributed by atoms with van der Waals surface area (Å²) in [5.41, 5.74) is 0.274. The Morgan fingerprint density at radius 1 is 1.44 bits per heavy atom. The topological polar surface area (TPSA) is 97.0 Å². The third-order valence-corrected chi connectivity index (χ3v) is 5.10. The monoisotopic (exact) mass is 375 g/mol. The van der Waals surface area contributed by atoms with Crippen LogP contribution in [0.3, 0.4) is 0 Å².